The zero-order valence-corrected chi connectivity index (χ0v) is 18.1. The zero-order valence-electron chi connectivity index (χ0n) is 18.1. The number of nitrogens with one attached hydrogen (secondary N) is 2. The first kappa shape index (κ1) is 23.1. The molecule has 2 amide bonds. The van der Waals surface area contributed by atoms with Gasteiger partial charge in [-0.15, -0.1) is 0 Å². The van der Waals surface area contributed by atoms with Crippen LogP contribution in [0.3, 0.4) is 0 Å². The Balaban J connectivity index is 1.57. The molecule has 0 unspecified atom stereocenters. The summed E-state index contributed by atoms with van der Waals surface area (Å²) in [7, 11) is 3.04. The van der Waals surface area contributed by atoms with Gasteiger partial charge >= 0.3 is 12.0 Å². The number of carbonyl (C=O) groups excluding carboxylic acids is 1. The van der Waals surface area contributed by atoms with Crippen LogP contribution in [0.25, 0.3) is 0 Å². The van der Waals surface area contributed by atoms with Gasteiger partial charge in [-0.2, -0.15) is 5.10 Å². The van der Waals surface area contributed by atoms with Gasteiger partial charge in [0.2, 0.25) is 0 Å². The molecule has 0 saturated carbocycles. The van der Waals surface area contributed by atoms with E-state index in [1.807, 2.05) is 0 Å². The molecule has 0 radical (unpaired) electrons. The number of hydrogen-bond acceptors (Lipinski definition) is 6. The van der Waals surface area contributed by atoms with Crippen molar-refractivity contribution in [3.05, 3.63) is 83.4 Å². The monoisotopic (exact) mass is 449 g/mol. The smallest absolute Gasteiger partial charge is 0.339 e. The normalized spacial score (nSPS) is 10.5. The van der Waals surface area contributed by atoms with Crippen LogP contribution in [-0.2, 0) is 6.61 Å². The predicted molar refractivity (Wildman–Crippen MR) is 123 cm³/mol. The van der Waals surface area contributed by atoms with E-state index in [-0.39, 0.29) is 12.2 Å². The second kappa shape index (κ2) is 11.2. The summed E-state index contributed by atoms with van der Waals surface area (Å²) < 4.78 is 16.4. The highest BCUT2D eigenvalue weighted by atomic mass is 16.5. The molecule has 0 aliphatic carbocycles. The minimum atomic E-state index is -0.979. The molecule has 3 aromatic carbocycles. The Labute approximate surface area is 190 Å². The molecule has 0 fully saturated rings. The van der Waals surface area contributed by atoms with E-state index in [0.717, 1.165) is 5.56 Å². The molecule has 0 bridgehead atoms. The number of carboxylic acid groups (broad SMARTS) is 1. The number of hydrazone groups is 1. The average Bonchev–Trinajstić information content (AvgIpc) is 2.83. The molecule has 0 aromatic heterocycles. The van der Waals surface area contributed by atoms with Crippen molar-refractivity contribution < 1.29 is 28.9 Å². The quantitative estimate of drug-likeness (QED) is 0.334. The van der Waals surface area contributed by atoms with Crippen LogP contribution in [0.2, 0.25) is 0 Å². The Hall–Kier alpha value is -4.53. The summed E-state index contributed by atoms with van der Waals surface area (Å²) in [6.45, 7) is 0.244. The first-order chi connectivity index (χ1) is 16.0. The molecule has 0 aliphatic rings. The number of hydrogen-bond donors (Lipinski definition) is 3. The van der Waals surface area contributed by atoms with Gasteiger partial charge in [0.15, 0.2) is 11.5 Å². The number of anilines is 1. The lowest BCUT2D eigenvalue weighted by atomic mass is 10.1. The standard InChI is InChI=1S/C24H23N3O6/c1-31-20-6-4-3-5-19(20)26-24(30)27-25-14-17-9-12-21(22(13-17)32-2)33-15-16-7-10-18(11-8-16)23(28)29/h3-14H,15H2,1-2H3,(H,28,29)(H2,26,27,30)/b25-14+. The van der Waals surface area contributed by atoms with Crippen LogP contribution in [0.4, 0.5) is 10.5 Å². The molecule has 3 aromatic rings. The number of amides is 2. The second-order valence-corrected chi connectivity index (χ2v) is 6.73. The van der Waals surface area contributed by atoms with Crippen molar-refractivity contribution in [1.82, 2.24) is 5.43 Å². The Morgan fingerprint density at radius 3 is 2.36 bits per heavy atom. The largest absolute Gasteiger partial charge is 0.495 e. The Bertz CT molecular complexity index is 1150. The summed E-state index contributed by atoms with van der Waals surface area (Å²) in [6.07, 6.45) is 1.47. The number of benzene rings is 3. The summed E-state index contributed by atoms with van der Waals surface area (Å²) in [4.78, 5) is 23.0. The van der Waals surface area contributed by atoms with E-state index in [1.165, 1.54) is 32.6 Å². The van der Waals surface area contributed by atoms with Gasteiger partial charge in [-0.25, -0.2) is 15.0 Å². The molecule has 0 aliphatic heterocycles. The highest BCUT2D eigenvalue weighted by Gasteiger charge is 2.08. The van der Waals surface area contributed by atoms with E-state index in [9.17, 15) is 9.59 Å². The van der Waals surface area contributed by atoms with Crippen LogP contribution in [0.5, 0.6) is 17.2 Å². The van der Waals surface area contributed by atoms with Crippen molar-refractivity contribution in [2.24, 2.45) is 5.10 Å². The molecule has 0 atom stereocenters. The van der Waals surface area contributed by atoms with Gasteiger partial charge in [-0.05, 0) is 53.6 Å². The lowest BCUT2D eigenvalue weighted by molar-refractivity contribution is 0.0696. The lowest BCUT2D eigenvalue weighted by Gasteiger charge is -2.11. The van der Waals surface area contributed by atoms with Crippen LogP contribution in [0.15, 0.2) is 71.8 Å². The molecule has 0 heterocycles. The highest BCUT2D eigenvalue weighted by molar-refractivity contribution is 5.92. The third-order valence-electron chi connectivity index (χ3n) is 4.52. The molecule has 3 N–H and O–H groups in total. The van der Waals surface area contributed by atoms with Crippen LogP contribution in [0, 0.1) is 0 Å². The molecular weight excluding hydrogens is 426 g/mol. The number of rotatable bonds is 9. The summed E-state index contributed by atoms with van der Waals surface area (Å²) >= 11 is 0. The van der Waals surface area contributed by atoms with Crippen molar-refractivity contribution in [2.45, 2.75) is 6.61 Å². The SMILES string of the molecule is COc1ccccc1NC(=O)N/N=C/c1ccc(OCc2ccc(C(=O)O)cc2)c(OC)c1. The molecule has 3 rings (SSSR count). The maximum atomic E-state index is 12.1. The second-order valence-electron chi connectivity index (χ2n) is 6.73. The first-order valence-corrected chi connectivity index (χ1v) is 9.86. The van der Waals surface area contributed by atoms with Gasteiger partial charge < -0.3 is 24.6 Å². The van der Waals surface area contributed by atoms with Crippen molar-refractivity contribution in [2.75, 3.05) is 19.5 Å². The van der Waals surface area contributed by atoms with Crippen molar-refractivity contribution in [3.63, 3.8) is 0 Å². The van der Waals surface area contributed by atoms with E-state index in [1.54, 1.807) is 54.6 Å². The van der Waals surface area contributed by atoms with Crippen molar-refractivity contribution in [1.29, 1.82) is 0 Å². The van der Waals surface area contributed by atoms with Gasteiger partial charge in [0.25, 0.3) is 0 Å². The number of carbonyl (C=O) groups is 2. The van der Waals surface area contributed by atoms with Gasteiger partial charge in [0.1, 0.15) is 12.4 Å². The van der Waals surface area contributed by atoms with Crippen LogP contribution < -0.4 is 25.0 Å². The molecule has 9 nitrogen and oxygen atoms in total. The number of carboxylic acids is 1. The number of nitrogens with zero attached hydrogens (tertiary/aromatic N) is 1. The molecule has 9 heteroatoms. The summed E-state index contributed by atoms with van der Waals surface area (Å²) in [5.41, 5.74) is 4.63. The van der Waals surface area contributed by atoms with E-state index >= 15 is 0 Å². The van der Waals surface area contributed by atoms with Crippen molar-refractivity contribution in [3.8, 4) is 17.2 Å². The number of ether oxygens (including phenoxy) is 3. The first-order valence-electron chi connectivity index (χ1n) is 9.86. The molecule has 170 valence electrons. The van der Waals surface area contributed by atoms with Crippen LogP contribution >= 0.6 is 0 Å². The maximum absolute atomic E-state index is 12.1. The third-order valence-corrected chi connectivity index (χ3v) is 4.52. The highest BCUT2D eigenvalue weighted by Crippen LogP contribution is 2.28. The van der Waals surface area contributed by atoms with E-state index in [0.29, 0.717) is 28.5 Å². The molecule has 0 saturated heterocycles. The lowest BCUT2D eigenvalue weighted by Crippen LogP contribution is -2.24. The molecule has 0 spiro atoms. The van der Waals surface area contributed by atoms with E-state index < -0.39 is 12.0 Å². The zero-order chi connectivity index (χ0) is 23.6. The molecular formula is C24H23N3O6. The Morgan fingerprint density at radius 1 is 0.939 bits per heavy atom. The average molecular weight is 449 g/mol. The van der Waals surface area contributed by atoms with Crippen LogP contribution in [0.1, 0.15) is 21.5 Å². The summed E-state index contributed by atoms with van der Waals surface area (Å²) in [5.74, 6) is 0.557. The maximum Gasteiger partial charge on any atom is 0.339 e. The topological polar surface area (TPSA) is 118 Å². The van der Waals surface area contributed by atoms with Gasteiger partial charge in [0, 0.05) is 0 Å². The number of aromatic carboxylic acids is 1. The number of methoxy groups -OCH3 is 2. The fourth-order valence-electron chi connectivity index (χ4n) is 2.85. The fraction of sp³-hybridized carbons (Fsp3) is 0.125. The van der Waals surface area contributed by atoms with E-state index in [4.69, 9.17) is 19.3 Å². The summed E-state index contributed by atoms with van der Waals surface area (Å²) in [5, 5.41) is 15.6. The van der Waals surface area contributed by atoms with Crippen LogP contribution in [-0.4, -0.2) is 37.5 Å². The number of urea groups is 1. The predicted octanol–water partition coefficient (Wildman–Crippen LogP) is 4.14. The Morgan fingerprint density at radius 2 is 1.67 bits per heavy atom. The minimum Gasteiger partial charge on any atom is -0.495 e. The third kappa shape index (κ3) is 6.47. The van der Waals surface area contributed by atoms with Gasteiger partial charge in [-0.1, -0.05) is 24.3 Å². The summed E-state index contributed by atoms with van der Waals surface area (Å²) in [6, 6.07) is 18.1. The Kier molecular flexibility index (Phi) is 7.85. The minimum absolute atomic E-state index is 0.213. The number of para-hydroxylation sites is 2. The van der Waals surface area contributed by atoms with E-state index in [2.05, 4.69) is 15.8 Å². The van der Waals surface area contributed by atoms with Gasteiger partial charge in [0.05, 0.1) is 31.7 Å². The molecule has 33 heavy (non-hydrogen) atoms. The van der Waals surface area contributed by atoms with Gasteiger partial charge in [-0.3, -0.25) is 0 Å². The fourth-order valence-corrected chi connectivity index (χ4v) is 2.85. The van der Waals surface area contributed by atoms with Crippen molar-refractivity contribution >= 4 is 23.9 Å².